The highest BCUT2D eigenvalue weighted by molar-refractivity contribution is 7.52. The maximum absolute atomic E-state index is 14.8. The molecule has 1 saturated heterocycles. The molecule has 0 spiro atoms. The molecule has 220 valence electrons. The summed E-state index contributed by atoms with van der Waals surface area (Å²) < 4.78 is 52.0. The number of carbonyl (C=O) groups is 1. The number of aliphatic hydroxyl groups excluding tert-OH is 1. The van der Waals surface area contributed by atoms with E-state index in [1.807, 2.05) is 6.07 Å². The number of nitrogens with zero attached hydrogens (tertiary/aromatic N) is 4. The Labute approximate surface area is 234 Å². The van der Waals surface area contributed by atoms with Crippen molar-refractivity contribution in [2.75, 3.05) is 25.6 Å². The molecule has 0 amide bonds. The summed E-state index contributed by atoms with van der Waals surface area (Å²) >= 11 is 0. The summed E-state index contributed by atoms with van der Waals surface area (Å²) in [6, 6.07) is 9.88. The van der Waals surface area contributed by atoms with Gasteiger partial charge in [-0.3, -0.25) is 9.32 Å². The molecule has 5 N–H and O–H groups in total. The summed E-state index contributed by atoms with van der Waals surface area (Å²) in [7, 11) is -4.38. The number of aliphatic hydroxyl groups is 2. The van der Waals surface area contributed by atoms with E-state index < -0.39 is 56.1 Å². The van der Waals surface area contributed by atoms with Gasteiger partial charge in [0.05, 0.1) is 25.5 Å². The predicted molar refractivity (Wildman–Crippen MR) is 141 cm³/mol. The molecule has 3 aromatic rings. The van der Waals surface area contributed by atoms with Gasteiger partial charge < -0.3 is 29.9 Å². The van der Waals surface area contributed by atoms with E-state index in [0.717, 1.165) is 16.9 Å². The molecule has 0 aliphatic carbocycles. The fraction of sp³-hybridized carbons (Fsp3) is 0.440. The highest BCUT2D eigenvalue weighted by atomic mass is 31.2. The molecule has 41 heavy (non-hydrogen) atoms. The molecule has 16 heteroatoms. The van der Waals surface area contributed by atoms with Gasteiger partial charge in [-0.2, -0.15) is 15.4 Å². The van der Waals surface area contributed by atoms with E-state index in [4.69, 9.17) is 24.3 Å². The second kappa shape index (κ2) is 12.1. The minimum Gasteiger partial charge on any atom is -0.465 e. The molecule has 2 aromatic heterocycles. The van der Waals surface area contributed by atoms with Crippen molar-refractivity contribution in [2.24, 2.45) is 0 Å². The molecule has 5 atom stereocenters. The standard InChI is InChI=1S/C25H30FN6O8P/c1-3-37-23(34)16(2)31-41(36,40-17-7-5-4-6-8-17)38-12-20-24(35,14-33)9-10-25(13-27,39-20)19-11-18(26)21-22(28)29-15-30-32(19)21/h4-8,11,15-16,20,33,35H,3,9-10,12,14H2,1-2H3,(H,31,36)(H2,28,29,30)/t16-,20+,24+,25-,41?/m0/s1. The average molecular weight is 593 g/mol. The van der Waals surface area contributed by atoms with E-state index in [1.165, 1.54) is 19.1 Å². The third kappa shape index (κ3) is 6.18. The summed E-state index contributed by atoms with van der Waals surface area (Å²) in [6.07, 6.45) is -0.779. The summed E-state index contributed by atoms with van der Waals surface area (Å²) in [5.74, 6) is -1.55. The third-order valence-electron chi connectivity index (χ3n) is 6.61. The number of nitrogen functional groups attached to an aromatic ring is 1. The Kier molecular flexibility index (Phi) is 8.93. The topological polar surface area (TPSA) is 204 Å². The number of para-hydroxylation sites is 1. The van der Waals surface area contributed by atoms with Crippen LogP contribution in [-0.4, -0.2) is 68.3 Å². The van der Waals surface area contributed by atoms with Crippen LogP contribution in [0.25, 0.3) is 5.52 Å². The number of nitriles is 1. The van der Waals surface area contributed by atoms with Crippen molar-refractivity contribution >= 4 is 25.1 Å². The number of carbonyl (C=O) groups excluding carboxylic acids is 1. The van der Waals surface area contributed by atoms with Crippen LogP contribution in [0.4, 0.5) is 10.2 Å². The van der Waals surface area contributed by atoms with Crippen molar-refractivity contribution in [3.05, 3.63) is 54.2 Å². The number of anilines is 1. The number of nitrogens with one attached hydrogen (secondary N) is 1. The van der Waals surface area contributed by atoms with Crippen LogP contribution in [0.5, 0.6) is 5.75 Å². The van der Waals surface area contributed by atoms with Crippen LogP contribution in [0, 0.1) is 17.1 Å². The van der Waals surface area contributed by atoms with E-state index in [1.54, 1.807) is 25.1 Å². The van der Waals surface area contributed by atoms with Crippen molar-refractivity contribution in [1.82, 2.24) is 19.7 Å². The number of aromatic nitrogens is 3. The number of halogens is 1. The lowest BCUT2D eigenvalue weighted by Crippen LogP contribution is -2.57. The van der Waals surface area contributed by atoms with Gasteiger partial charge in [0.25, 0.3) is 0 Å². The molecule has 3 heterocycles. The number of hydrogen-bond acceptors (Lipinski definition) is 12. The second-order valence-corrected chi connectivity index (χ2v) is 11.1. The molecule has 0 bridgehead atoms. The van der Waals surface area contributed by atoms with Gasteiger partial charge >= 0.3 is 13.7 Å². The van der Waals surface area contributed by atoms with Crippen molar-refractivity contribution in [3.63, 3.8) is 0 Å². The highest BCUT2D eigenvalue weighted by Crippen LogP contribution is 2.48. The Morgan fingerprint density at radius 3 is 2.80 bits per heavy atom. The number of rotatable bonds is 11. The number of esters is 1. The number of ether oxygens (including phenoxy) is 2. The van der Waals surface area contributed by atoms with Crippen LogP contribution >= 0.6 is 7.75 Å². The number of hydrogen-bond donors (Lipinski definition) is 4. The van der Waals surface area contributed by atoms with Gasteiger partial charge in [-0.25, -0.2) is 18.5 Å². The Balaban J connectivity index is 1.65. The monoisotopic (exact) mass is 592 g/mol. The van der Waals surface area contributed by atoms with Gasteiger partial charge in [-0.1, -0.05) is 18.2 Å². The Bertz CT molecular complexity index is 1490. The van der Waals surface area contributed by atoms with Crippen LogP contribution < -0.4 is 15.3 Å². The largest absolute Gasteiger partial charge is 0.465 e. The van der Waals surface area contributed by atoms with Crippen molar-refractivity contribution < 1.29 is 42.5 Å². The first-order chi connectivity index (χ1) is 19.5. The Morgan fingerprint density at radius 2 is 2.15 bits per heavy atom. The van der Waals surface area contributed by atoms with Crippen LogP contribution in [0.15, 0.2) is 42.7 Å². The van der Waals surface area contributed by atoms with Crippen molar-refractivity contribution in [2.45, 2.75) is 50.0 Å². The maximum atomic E-state index is 14.8. The van der Waals surface area contributed by atoms with Gasteiger partial charge in [0.1, 0.15) is 41.4 Å². The minimum atomic E-state index is -4.38. The van der Waals surface area contributed by atoms with Gasteiger partial charge in [-0.15, -0.1) is 0 Å². The third-order valence-corrected chi connectivity index (χ3v) is 8.26. The molecule has 0 radical (unpaired) electrons. The maximum Gasteiger partial charge on any atom is 0.459 e. The van der Waals surface area contributed by atoms with Crippen LogP contribution in [0.2, 0.25) is 0 Å². The summed E-state index contributed by atoms with van der Waals surface area (Å²) in [4.78, 5) is 16.0. The first-order valence-electron chi connectivity index (χ1n) is 12.6. The lowest BCUT2D eigenvalue weighted by Gasteiger charge is -2.45. The molecule has 1 fully saturated rings. The molecule has 1 aromatic carbocycles. The molecular formula is C25H30FN6O8P. The molecule has 1 unspecified atom stereocenters. The molecule has 14 nitrogen and oxygen atoms in total. The number of nitrogens with two attached hydrogens (primary N) is 1. The quantitative estimate of drug-likeness (QED) is 0.186. The Hall–Kier alpha value is -3.64. The van der Waals surface area contributed by atoms with Crippen molar-refractivity contribution in [3.8, 4) is 11.8 Å². The van der Waals surface area contributed by atoms with E-state index in [0.29, 0.717) is 0 Å². The smallest absolute Gasteiger partial charge is 0.459 e. The number of fused-ring (bicyclic) bond motifs is 1. The minimum absolute atomic E-state index is 0.0376. The zero-order valence-electron chi connectivity index (χ0n) is 22.3. The lowest BCUT2D eigenvalue weighted by atomic mass is 9.81. The molecule has 1 aliphatic rings. The van der Waals surface area contributed by atoms with Crippen LogP contribution in [0.3, 0.4) is 0 Å². The highest BCUT2D eigenvalue weighted by Gasteiger charge is 2.53. The zero-order valence-corrected chi connectivity index (χ0v) is 23.2. The molecule has 0 saturated carbocycles. The van der Waals surface area contributed by atoms with E-state index in [2.05, 4.69) is 15.2 Å². The van der Waals surface area contributed by atoms with Crippen molar-refractivity contribution in [1.29, 1.82) is 5.26 Å². The van der Waals surface area contributed by atoms with Gasteiger partial charge in [0, 0.05) is 6.07 Å². The van der Waals surface area contributed by atoms with E-state index in [-0.39, 0.29) is 42.2 Å². The first kappa shape index (κ1) is 30.3. The summed E-state index contributed by atoms with van der Waals surface area (Å²) in [5.41, 5.74) is 1.75. The lowest BCUT2D eigenvalue weighted by molar-refractivity contribution is -0.225. The molecular weight excluding hydrogens is 562 g/mol. The van der Waals surface area contributed by atoms with Crippen LogP contribution in [-0.2, 0) is 29.0 Å². The average Bonchev–Trinajstić information content (AvgIpc) is 3.31. The second-order valence-electron chi connectivity index (χ2n) is 9.39. The molecule has 1 aliphatic heterocycles. The Morgan fingerprint density at radius 1 is 1.41 bits per heavy atom. The first-order valence-corrected chi connectivity index (χ1v) is 14.2. The molecule has 4 rings (SSSR count). The van der Waals surface area contributed by atoms with Crippen LogP contribution in [0.1, 0.15) is 32.4 Å². The number of benzene rings is 1. The van der Waals surface area contributed by atoms with E-state index >= 15 is 0 Å². The normalized spacial score (nSPS) is 24.7. The predicted octanol–water partition coefficient (Wildman–Crippen LogP) is 1.82. The van der Waals surface area contributed by atoms with Gasteiger partial charge in [0.15, 0.2) is 17.2 Å². The fourth-order valence-electron chi connectivity index (χ4n) is 4.41. The fourth-order valence-corrected chi connectivity index (χ4v) is 5.90. The SMILES string of the molecule is CCOC(=O)[C@H](C)NP(=O)(OC[C@H]1O[C@@](C#N)(c2cc(F)c3c(N)ncnn23)CC[C@@]1(O)CO)Oc1ccccc1. The van der Waals surface area contributed by atoms with Gasteiger partial charge in [-0.05, 0) is 38.8 Å². The summed E-state index contributed by atoms with van der Waals surface area (Å²) in [5, 5.41) is 38.0. The zero-order chi connectivity index (χ0) is 29.8. The van der Waals surface area contributed by atoms with Gasteiger partial charge in [0.2, 0.25) is 0 Å². The summed E-state index contributed by atoms with van der Waals surface area (Å²) in [6.45, 7) is 1.59. The van der Waals surface area contributed by atoms with E-state index in [9.17, 15) is 29.2 Å².